The third-order valence-electron chi connectivity index (χ3n) is 4.38. The summed E-state index contributed by atoms with van der Waals surface area (Å²) < 4.78 is 10.3. The zero-order chi connectivity index (χ0) is 19.8. The van der Waals surface area contributed by atoms with Gasteiger partial charge in [0.2, 0.25) is 0 Å². The number of pyridine rings is 1. The predicted molar refractivity (Wildman–Crippen MR) is 105 cm³/mol. The second-order valence-corrected chi connectivity index (χ2v) is 6.50. The van der Waals surface area contributed by atoms with Crippen molar-refractivity contribution in [2.24, 2.45) is 0 Å². The molecule has 2 aromatic rings. The summed E-state index contributed by atoms with van der Waals surface area (Å²) in [6.07, 6.45) is 4.86. The number of carbonyl (C=O) groups excluding carboxylic acids is 2. The van der Waals surface area contributed by atoms with Crippen LogP contribution in [0.1, 0.15) is 18.4 Å². The summed E-state index contributed by atoms with van der Waals surface area (Å²) in [5, 5.41) is 5.47. The monoisotopic (exact) mass is 384 g/mol. The van der Waals surface area contributed by atoms with E-state index >= 15 is 0 Å². The summed E-state index contributed by atoms with van der Waals surface area (Å²) in [5.74, 6) is 0. The van der Waals surface area contributed by atoms with E-state index in [9.17, 15) is 9.59 Å². The number of urea groups is 1. The quantitative estimate of drug-likeness (QED) is 0.795. The lowest BCUT2D eigenvalue weighted by atomic mass is 10.2. The fraction of sp³-hybridized carbons (Fsp3) is 0.350. The molecule has 1 aromatic heterocycles. The van der Waals surface area contributed by atoms with Crippen molar-refractivity contribution in [2.75, 3.05) is 30.9 Å². The molecule has 148 valence electrons. The van der Waals surface area contributed by atoms with Crippen molar-refractivity contribution in [3.05, 3.63) is 54.4 Å². The number of anilines is 2. The van der Waals surface area contributed by atoms with E-state index in [0.717, 1.165) is 25.0 Å². The third-order valence-corrected chi connectivity index (χ3v) is 4.38. The molecule has 8 nitrogen and oxygen atoms in total. The maximum absolute atomic E-state index is 12.9. The van der Waals surface area contributed by atoms with Crippen LogP contribution >= 0.6 is 0 Å². The van der Waals surface area contributed by atoms with E-state index in [0.29, 0.717) is 24.5 Å². The first-order valence-electron chi connectivity index (χ1n) is 9.15. The highest BCUT2D eigenvalue weighted by Gasteiger charge is 2.23. The first-order chi connectivity index (χ1) is 13.6. The van der Waals surface area contributed by atoms with Crippen molar-refractivity contribution in [2.45, 2.75) is 25.5 Å². The Morgan fingerprint density at radius 3 is 2.75 bits per heavy atom. The molecule has 1 atom stereocenters. The Morgan fingerprint density at radius 1 is 1.25 bits per heavy atom. The zero-order valence-corrected chi connectivity index (χ0v) is 15.8. The Bertz CT molecular complexity index is 794. The molecule has 2 heterocycles. The van der Waals surface area contributed by atoms with Gasteiger partial charge in [-0.2, -0.15) is 0 Å². The number of benzene rings is 1. The van der Waals surface area contributed by atoms with Gasteiger partial charge in [0, 0.05) is 43.5 Å². The number of hydrogen-bond donors (Lipinski definition) is 2. The highest BCUT2D eigenvalue weighted by atomic mass is 16.5. The maximum atomic E-state index is 12.9. The summed E-state index contributed by atoms with van der Waals surface area (Å²) in [7, 11) is 1.29. The first-order valence-corrected chi connectivity index (χ1v) is 9.15. The van der Waals surface area contributed by atoms with Crippen LogP contribution in [-0.4, -0.2) is 48.4 Å². The minimum atomic E-state index is -0.569. The van der Waals surface area contributed by atoms with Gasteiger partial charge in [0.25, 0.3) is 0 Å². The molecule has 0 spiro atoms. The molecule has 1 aromatic carbocycles. The van der Waals surface area contributed by atoms with Crippen molar-refractivity contribution in [3.8, 4) is 0 Å². The van der Waals surface area contributed by atoms with Crippen molar-refractivity contribution >= 4 is 23.5 Å². The lowest BCUT2D eigenvalue weighted by molar-refractivity contribution is 0.0819. The average molecular weight is 384 g/mol. The Labute approximate surface area is 163 Å². The van der Waals surface area contributed by atoms with Crippen LogP contribution < -0.4 is 10.6 Å². The number of nitrogens with zero attached hydrogens (tertiary/aromatic N) is 2. The van der Waals surface area contributed by atoms with Gasteiger partial charge in [-0.05, 0) is 42.7 Å². The number of rotatable bonds is 6. The number of methoxy groups -OCH3 is 1. The predicted octanol–water partition coefficient (Wildman–Crippen LogP) is 3.47. The summed E-state index contributed by atoms with van der Waals surface area (Å²) in [6.45, 7) is 1.66. The molecule has 8 heteroatoms. The van der Waals surface area contributed by atoms with Gasteiger partial charge in [-0.1, -0.05) is 12.1 Å². The lowest BCUT2D eigenvalue weighted by Crippen LogP contribution is -2.39. The number of hydrogen-bond acceptors (Lipinski definition) is 5. The van der Waals surface area contributed by atoms with E-state index < -0.39 is 6.09 Å². The Kier molecular flexibility index (Phi) is 6.80. The molecule has 0 radical (unpaired) electrons. The van der Waals surface area contributed by atoms with Crippen LogP contribution in [0.3, 0.4) is 0 Å². The van der Waals surface area contributed by atoms with Gasteiger partial charge in [-0.25, -0.2) is 9.59 Å². The maximum Gasteiger partial charge on any atom is 0.411 e. The van der Waals surface area contributed by atoms with Crippen LogP contribution in [-0.2, 0) is 16.0 Å². The largest absolute Gasteiger partial charge is 0.453 e. The lowest BCUT2D eigenvalue weighted by Gasteiger charge is -2.26. The van der Waals surface area contributed by atoms with E-state index in [-0.39, 0.29) is 12.1 Å². The van der Waals surface area contributed by atoms with Crippen LogP contribution in [0.15, 0.2) is 48.8 Å². The second kappa shape index (κ2) is 9.70. The molecule has 0 aliphatic carbocycles. The topological polar surface area (TPSA) is 92.8 Å². The zero-order valence-electron chi connectivity index (χ0n) is 15.8. The highest BCUT2D eigenvalue weighted by molar-refractivity contribution is 5.91. The van der Waals surface area contributed by atoms with Gasteiger partial charge < -0.3 is 19.7 Å². The molecule has 3 amide bonds. The fourth-order valence-electron chi connectivity index (χ4n) is 3.01. The van der Waals surface area contributed by atoms with Crippen LogP contribution in [0.25, 0.3) is 0 Å². The van der Waals surface area contributed by atoms with Crippen LogP contribution in [0, 0.1) is 0 Å². The van der Waals surface area contributed by atoms with E-state index in [1.54, 1.807) is 41.6 Å². The Hall–Kier alpha value is -3.13. The smallest absolute Gasteiger partial charge is 0.411 e. The van der Waals surface area contributed by atoms with Gasteiger partial charge in [0.05, 0.1) is 13.2 Å². The first kappa shape index (κ1) is 19.6. The molecule has 1 fully saturated rings. The standard InChI is InChI=1S/C20H24N4O4/c1-27-20(26)23-17-7-2-6-16(11-17)22-19(25)24(14-18-8-4-10-28-18)13-15-5-3-9-21-12-15/h2-3,5-7,9,11-12,18H,4,8,10,13-14H2,1H3,(H,22,25)(H,23,26)/t18-/m1/s1. The summed E-state index contributed by atoms with van der Waals surface area (Å²) in [4.78, 5) is 30.1. The average Bonchev–Trinajstić information content (AvgIpc) is 3.21. The highest BCUT2D eigenvalue weighted by Crippen LogP contribution is 2.18. The summed E-state index contributed by atoms with van der Waals surface area (Å²) >= 11 is 0. The molecular formula is C20H24N4O4. The van der Waals surface area contributed by atoms with Crippen molar-refractivity contribution in [1.82, 2.24) is 9.88 Å². The summed E-state index contributed by atoms with van der Waals surface area (Å²) in [5.41, 5.74) is 2.04. The van der Waals surface area contributed by atoms with Crippen LogP contribution in [0.2, 0.25) is 0 Å². The van der Waals surface area contributed by atoms with Crippen molar-refractivity contribution in [3.63, 3.8) is 0 Å². The van der Waals surface area contributed by atoms with E-state index in [4.69, 9.17) is 4.74 Å². The molecule has 28 heavy (non-hydrogen) atoms. The molecule has 1 aliphatic heterocycles. The van der Waals surface area contributed by atoms with Gasteiger partial charge in [-0.3, -0.25) is 10.3 Å². The second-order valence-electron chi connectivity index (χ2n) is 6.50. The molecule has 0 saturated carbocycles. The Morgan fingerprint density at radius 2 is 2.07 bits per heavy atom. The minimum Gasteiger partial charge on any atom is -0.453 e. The van der Waals surface area contributed by atoms with Gasteiger partial charge in [0.1, 0.15) is 0 Å². The molecule has 3 rings (SSSR count). The fourth-order valence-corrected chi connectivity index (χ4v) is 3.01. The van der Waals surface area contributed by atoms with Gasteiger partial charge in [-0.15, -0.1) is 0 Å². The summed E-state index contributed by atoms with van der Waals surface area (Å²) in [6, 6.07) is 10.4. The third kappa shape index (κ3) is 5.68. The van der Waals surface area contributed by atoms with E-state index in [1.807, 2.05) is 12.1 Å². The van der Waals surface area contributed by atoms with E-state index in [1.165, 1.54) is 7.11 Å². The molecular weight excluding hydrogens is 360 g/mol. The number of carbonyl (C=O) groups is 2. The number of ether oxygens (including phenoxy) is 2. The van der Waals surface area contributed by atoms with Gasteiger partial charge in [0.15, 0.2) is 0 Å². The molecule has 1 aliphatic rings. The number of aromatic nitrogens is 1. The van der Waals surface area contributed by atoms with Crippen LogP contribution in [0.4, 0.5) is 21.0 Å². The minimum absolute atomic E-state index is 0.0368. The number of amides is 3. The van der Waals surface area contributed by atoms with Crippen LogP contribution in [0.5, 0.6) is 0 Å². The Balaban J connectivity index is 1.69. The van der Waals surface area contributed by atoms with E-state index in [2.05, 4.69) is 20.4 Å². The molecule has 0 bridgehead atoms. The van der Waals surface area contributed by atoms with Crippen molar-refractivity contribution in [1.29, 1.82) is 0 Å². The van der Waals surface area contributed by atoms with Crippen molar-refractivity contribution < 1.29 is 19.1 Å². The normalized spacial score (nSPS) is 15.7. The molecule has 2 N–H and O–H groups in total. The van der Waals surface area contributed by atoms with Gasteiger partial charge >= 0.3 is 12.1 Å². The number of nitrogens with one attached hydrogen (secondary N) is 2. The molecule has 1 saturated heterocycles. The SMILES string of the molecule is COC(=O)Nc1cccc(NC(=O)N(Cc2cccnc2)C[C@H]2CCCO2)c1. The molecule has 0 unspecified atom stereocenters.